The molecular weight excluding hydrogens is 252 g/mol. The molecule has 0 heterocycles. The third-order valence-corrected chi connectivity index (χ3v) is 3.36. The second-order valence-corrected chi connectivity index (χ2v) is 5.14. The lowest BCUT2D eigenvalue weighted by Gasteiger charge is -2.21. The van der Waals surface area contributed by atoms with Crippen LogP contribution in [0.15, 0.2) is 18.2 Å². The monoisotopic (exact) mass is 280 g/mol. The van der Waals surface area contributed by atoms with E-state index in [0.717, 1.165) is 23.7 Å². The molecule has 0 fully saturated rings. The number of hydrogen-bond acceptors (Lipinski definition) is 4. The molecular formula is C16H28N2O2. The molecule has 0 bridgehead atoms. The normalized spacial score (nSPS) is 12.3. The number of hydrogen-bond donors (Lipinski definition) is 2. The zero-order valence-electron chi connectivity index (χ0n) is 13.1. The van der Waals surface area contributed by atoms with Crippen LogP contribution in [0.2, 0.25) is 0 Å². The number of nitrogens with two attached hydrogens (primary N) is 1. The van der Waals surface area contributed by atoms with Crippen molar-refractivity contribution in [2.24, 2.45) is 17.6 Å². The third kappa shape index (κ3) is 4.93. The van der Waals surface area contributed by atoms with E-state index in [1.54, 1.807) is 0 Å². The van der Waals surface area contributed by atoms with Gasteiger partial charge in [-0.15, -0.1) is 0 Å². The van der Waals surface area contributed by atoms with E-state index in [0.29, 0.717) is 31.6 Å². The lowest BCUT2D eigenvalue weighted by Crippen LogP contribution is -2.27. The molecule has 1 atom stereocenters. The minimum atomic E-state index is 0.445. The molecule has 0 aliphatic heterocycles. The van der Waals surface area contributed by atoms with E-state index in [-0.39, 0.29) is 0 Å². The summed E-state index contributed by atoms with van der Waals surface area (Å²) in [6.07, 6.45) is 0. The molecule has 4 nitrogen and oxygen atoms in total. The van der Waals surface area contributed by atoms with Gasteiger partial charge in [0.15, 0.2) is 0 Å². The van der Waals surface area contributed by atoms with Crippen molar-refractivity contribution in [2.75, 3.05) is 31.6 Å². The van der Waals surface area contributed by atoms with Crippen molar-refractivity contribution < 1.29 is 9.47 Å². The number of ether oxygens (including phenoxy) is 2. The molecule has 20 heavy (non-hydrogen) atoms. The summed E-state index contributed by atoms with van der Waals surface area (Å²) in [6.45, 7) is 11.2. The standard InChI is InChI=1S/C16H28N2O2/c1-5-19-14-7-8-16(20-6-2)15(9-14)18-11-13(10-17)12(3)4/h7-9,12-13,18H,5-6,10-11,17H2,1-4H3. The molecule has 0 amide bonds. The Kier molecular flexibility index (Phi) is 7.23. The predicted molar refractivity (Wildman–Crippen MR) is 84.7 cm³/mol. The van der Waals surface area contributed by atoms with Gasteiger partial charge < -0.3 is 20.5 Å². The first-order valence-electron chi connectivity index (χ1n) is 7.45. The van der Waals surface area contributed by atoms with Crippen LogP contribution < -0.4 is 20.5 Å². The Morgan fingerprint density at radius 2 is 1.85 bits per heavy atom. The SMILES string of the molecule is CCOc1ccc(OCC)c(NCC(CN)C(C)C)c1. The van der Waals surface area contributed by atoms with Gasteiger partial charge in [-0.1, -0.05) is 13.8 Å². The Labute approximate surface area is 122 Å². The second kappa shape index (κ2) is 8.69. The van der Waals surface area contributed by atoms with E-state index >= 15 is 0 Å². The molecule has 3 N–H and O–H groups in total. The Bertz CT molecular complexity index is 394. The molecule has 0 saturated heterocycles. The van der Waals surface area contributed by atoms with E-state index < -0.39 is 0 Å². The summed E-state index contributed by atoms with van der Waals surface area (Å²) in [5.74, 6) is 2.71. The number of anilines is 1. The van der Waals surface area contributed by atoms with Gasteiger partial charge in [0, 0.05) is 12.6 Å². The van der Waals surface area contributed by atoms with Gasteiger partial charge >= 0.3 is 0 Å². The van der Waals surface area contributed by atoms with Crippen LogP contribution in [-0.4, -0.2) is 26.3 Å². The van der Waals surface area contributed by atoms with Crippen molar-refractivity contribution in [1.29, 1.82) is 0 Å². The summed E-state index contributed by atoms with van der Waals surface area (Å²) in [5, 5.41) is 3.44. The zero-order chi connectivity index (χ0) is 15.0. The first-order chi connectivity index (χ1) is 9.62. The van der Waals surface area contributed by atoms with Crippen LogP contribution in [-0.2, 0) is 0 Å². The first-order valence-corrected chi connectivity index (χ1v) is 7.45. The maximum atomic E-state index is 5.82. The van der Waals surface area contributed by atoms with Gasteiger partial charge in [0.2, 0.25) is 0 Å². The molecule has 0 radical (unpaired) electrons. The lowest BCUT2D eigenvalue weighted by atomic mass is 9.96. The number of rotatable bonds is 9. The van der Waals surface area contributed by atoms with Gasteiger partial charge in [-0.25, -0.2) is 0 Å². The molecule has 1 rings (SSSR count). The van der Waals surface area contributed by atoms with Gasteiger partial charge in [0.1, 0.15) is 11.5 Å². The van der Waals surface area contributed by atoms with Crippen molar-refractivity contribution >= 4 is 5.69 Å². The van der Waals surface area contributed by atoms with E-state index in [4.69, 9.17) is 15.2 Å². The third-order valence-electron chi connectivity index (χ3n) is 3.36. The topological polar surface area (TPSA) is 56.5 Å². The fourth-order valence-electron chi connectivity index (χ4n) is 2.02. The highest BCUT2D eigenvalue weighted by atomic mass is 16.5. The van der Waals surface area contributed by atoms with Crippen LogP contribution in [0.3, 0.4) is 0 Å². The zero-order valence-corrected chi connectivity index (χ0v) is 13.1. The Morgan fingerprint density at radius 3 is 2.40 bits per heavy atom. The van der Waals surface area contributed by atoms with Crippen LogP contribution in [0.5, 0.6) is 11.5 Å². The van der Waals surface area contributed by atoms with Gasteiger partial charge in [-0.05, 0) is 44.4 Å². The molecule has 1 aromatic carbocycles. The van der Waals surface area contributed by atoms with E-state index in [9.17, 15) is 0 Å². The summed E-state index contributed by atoms with van der Waals surface area (Å²) in [7, 11) is 0. The average molecular weight is 280 g/mol. The van der Waals surface area contributed by atoms with Crippen LogP contribution in [0.4, 0.5) is 5.69 Å². The molecule has 4 heteroatoms. The Morgan fingerprint density at radius 1 is 1.15 bits per heavy atom. The van der Waals surface area contributed by atoms with E-state index in [1.165, 1.54) is 0 Å². The van der Waals surface area contributed by atoms with Crippen LogP contribution in [0.1, 0.15) is 27.7 Å². The molecule has 1 unspecified atom stereocenters. The fraction of sp³-hybridized carbons (Fsp3) is 0.625. The van der Waals surface area contributed by atoms with Crippen LogP contribution in [0, 0.1) is 11.8 Å². The summed E-state index contributed by atoms with van der Waals surface area (Å²) in [6, 6.07) is 5.87. The minimum absolute atomic E-state index is 0.445. The number of nitrogens with one attached hydrogen (secondary N) is 1. The Balaban J connectivity index is 2.80. The number of benzene rings is 1. The predicted octanol–water partition coefficient (Wildman–Crippen LogP) is 3.13. The fourth-order valence-corrected chi connectivity index (χ4v) is 2.02. The molecule has 0 aromatic heterocycles. The maximum absolute atomic E-state index is 5.82. The molecule has 1 aromatic rings. The highest BCUT2D eigenvalue weighted by molar-refractivity contribution is 5.59. The van der Waals surface area contributed by atoms with Gasteiger partial charge in [0.05, 0.1) is 18.9 Å². The van der Waals surface area contributed by atoms with Crippen LogP contribution >= 0.6 is 0 Å². The summed E-state index contributed by atoms with van der Waals surface area (Å²) < 4.78 is 11.2. The van der Waals surface area contributed by atoms with Crippen molar-refractivity contribution in [3.63, 3.8) is 0 Å². The van der Waals surface area contributed by atoms with Gasteiger partial charge in [0.25, 0.3) is 0 Å². The van der Waals surface area contributed by atoms with Crippen molar-refractivity contribution in [3.8, 4) is 11.5 Å². The summed E-state index contributed by atoms with van der Waals surface area (Å²) in [4.78, 5) is 0. The first kappa shape index (κ1) is 16.6. The Hall–Kier alpha value is -1.42. The van der Waals surface area contributed by atoms with Crippen molar-refractivity contribution in [1.82, 2.24) is 0 Å². The van der Waals surface area contributed by atoms with Crippen LogP contribution in [0.25, 0.3) is 0 Å². The molecule has 0 aliphatic carbocycles. The quantitative estimate of drug-likeness (QED) is 0.729. The summed E-state index contributed by atoms with van der Waals surface area (Å²) in [5.41, 5.74) is 6.79. The molecule has 0 saturated carbocycles. The van der Waals surface area contributed by atoms with Crippen molar-refractivity contribution in [2.45, 2.75) is 27.7 Å². The molecule has 0 spiro atoms. The van der Waals surface area contributed by atoms with E-state index in [2.05, 4.69) is 19.2 Å². The minimum Gasteiger partial charge on any atom is -0.494 e. The highest BCUT2D eigenvalue weighted by Gasteiger charge is 2.13. The van der Waals surface area contributed by atoms with E-state index in [1.807, 2.05) is 32.0 Å². The molecule has 0 aliphatic rings. The lowest BCUT2D eigenvalue weighted by molar-refractivity contribution is 0.331. The maximum Gasteiger partial charge on any atom is 0.142 e. The van der Waals surface area contributed by atoms with Gasteiger partial charge in [-0.2, -0.15) is 0 Å². The average Bonchev–Trinajstić information content (AvgIpc) is 2.42. The second-order valence-electron chi connectivity index (χ2n) is 5.14. The highest BCUT2D eigenvalue weighted by Crippen LogP contribution is 2.30. The van der Waals surface area contributed by atoms with Crippen molar-refractivity contribution in [3.05, 3.63) is 18.2 Å². The summed E-state index contributed by atoms with van der Waals surface area (Å²) >= 11 is 0. The largest absolute Gasteiger partial charge is 0.494 e. The molecule has 114 valence electrons. The van der Waals surface area contributed by atoms with Gasteiger partial charge in [-0.3, -0.25) is 0 Å². The smallest absolute Gasteiger partial charge is 0.142 e.